The fourth-order valence-corrected chi connectivity index (χ4v) is 3.15. The Morgan fingerprint density at radius 1 is 1.08 bits per heavy atom. The summed E-state index contributed by atoms with van der Waals surface area (Å²) in [5.41, 5.74) is -0.593. The van der Waals surface area contributed by atoms with Gasteiger partial charge in [0.1, 0.15) is 5.75 Å². The number of carbonyl (C=O) groups excluding carboxylic acids is 1. The van der Waals surface area contributed by atoms with Gasteiger partial charge in [0.05, 0.1) is 24.2 Å². The number of anilines is 1. The maximum absolute atomic E-state index is 13.6. The van der Waals surface area contributed by atoms with Crippen LogP contribution in [0.5, 0.6) is 5.75 Å². The van der Waals surface area contributed by atoms with Crippen molar-refractivity contribution in [1.82, 2.24) is 4.31 Å². The van der Waals surface area contributed by atoms with Crippen molar-refractivity contribution in [2.24, 2.45) is 0 Å². The Balaban J connectivity index is 2.11. The van der Waals surface area contributed by atoms with E-state index in [1.54, 1.807) is 0 Å². The zero-order chi connectivity index (χ0) is 19.5. The molecule has 0 radical (unpaired) electrons. The van der Waals surface area contributed by atoms with Gasteiger partial charge in [0, 0.05) is 7.05 Å². The van der Waals surface area contributed by atoms with Gasteiger partial charge in [-0.2, -0.15) is 4.31 Å². The van der Waals surface area contributed by atoms with Crippen molar-refractivity contribution in [2.45, 2.75) is 4.90 Å². The Kier molecular flexibility index (Phi) is 5.88. The highest BCUT2D eigenvalue weighted by molar-refractivity contribution is 7.89. The van der Waals surface area contributed by atoms with Crippen molar-refractivity contribution < 1.29 is 31.1 Å². The van der Waals surface area contributed by atoms with Crippen molar-refractivity contribution in [3.8, 4) is 5.75 Å². The summed E-state index contributed by atoms with van der Waals surface area (Å²) in [6.07, 6.45) is 0. The van der Waals surface area contributed by atoms with Crippen LogP contribution in [0.2, 0.25) is 0 Å². The Bertz CT molecular complexity index is 918. The van der Waals surface area contributed by atoms with Crippen LogP contribution in [-0.2, 0) is 14.8 Å². The molecule has 0 unspecified atom stereocenters. The molecule has 0 aliphatic heterocycles. The van der Waals surface area contributed by atoms with E-state index in [2.05, 4.69) is 0 Å². The second-order valence-electron chi connectivity index (χ2n) is 5.21. The number of ether oxygens (including phenoxy) is 1. The molecule has 0 fully saturated rings. The lowest BCUT2D eigenvalue weighted by Crippen LogP contribution is -2.35. The van der Waals surface area contributed by atoms with Crippen molar-refractivity contribution >= 4 is 21.6 Å². The molecular weight excluding hydrogens is 373 g/mol. The van der Waals surface area contributed by atoms with Gasteiger partial charge in [0.15, 0.2) is 17.5 Å². The average molecular weight is 388 g/mol. The van der Waals surface area contributed by atoms with Crippen LogP contribution >= 0.6 is 0 Å². The summed E-state index contributed by atoms with van der Waals surface area (Å²) in [7, 11) is -1.41. The molecule has 0 atom stereocenters. The molecule has 26 heavy (non-hydrogen) atoms. The monoisotopic (exact) mass is 388 g/mol. The number of carbonyl (C=O) groups is 1. The molecular formula is C16H15F3N2O4S. The van der Waals surface area contributed by atoms with E-state index in [1.165, 1.54) is 31.4 Å². The minimum atomic E-state index is -3.99. The Morgan fingerprint density at radius 2 is 1.69 bits per heavy atom. The van der Waals surface area contributed by atoms with Gasteiger partial charge in [0.2, 0.25) is 15.9 Å². The second kappa shape index (κ2) is 7.75. The number of hydrogen-bond acceptors (Lipinski definition) is 4. The smallest absolute Gasteiger partial charge is 0.243 e. The van der Waals surface area contributed by atoms with Crippen LogP contribution in [0, 0.1) is 17.5 Å². The molecule has 140 valence electrons. The SMILES string of the molecule is COc1ccc(S(=O)(=O)N(C)CC(=O)Nc2ccc(F)c(F)c2F)cc1. The van der Waals surface area contributed by atoms with E-state index < -0.39 is 45.6 Å². The number of sulfonamides is 1. The standard InChI is InChI=1S/C16H15F3N2O4S/c1-21(26(23,24)11-5-3-10(25-2)4-6-11)9-14(22)20-13-8-7-12(17)15(18)16(13)19/h3-8H,9H2,1-2H3,(H,20,22). The summed E-state index contributed by atoms with van der Waals surface area (Å²) >= 11 is 0. The number of rotatable bonds is 6. The van der Waals surface area contributed by atoms with Gasteiger partial charge in [-0.3, -0.25) is 4.79 Å². The van der Waals surface area contributed by atoms with Gasteiger partial charge in [0.25, 0.3) is 0 Å². The number of hydrogen-bond donors (Lipinski definition) is 1. The summed E-state index contributed by atoms with van der Waals surface area (Å²) in [4.78, 5) is 11.9. The van der Waals surface area contributed by atoms with Crippen LogP contribution in [0.4, 0.5) is 18.9 Å². The lowest BCUT2D eigenvalue weighted by molar-refractivity contribution is -0.116. The molecule has 0 saturated heterocycles. The maximum atomic E-state index is 13.6. The quantitative estimate of drug-likeness (QED) is 0.771. The van der Waals surface area contributed by atoms with Gasteiger partial charge in [-0.25, -0.2) is 21.6 Å². The molecule has 0 aliphatic rings. The van der Waals surface area contributed by atoms with Crippen molar-refractivity contribution in [3.63, 3.8) is 0 Å². The van der Waals surface area contributed by atoms with Crippen LogP contribution in [0.1, 0.15) is 0 Å². The van der Waals surface area contributed by atoms with Gasteiger partial charge < -0.3 is 10.1 Å². The van der Waals surface area contributed by atoms with E-state index in [9.17, 15) is 26.4 Å². The largest absolute Gasteiger partial charge is 0.497 e. The van der Waals surface area contributed by atoms with E-state index in [4.69, 9.17) is 4.74 Å². The molecule has 0 aliphatic carbocycles. The van der Waals surface area contributed by atoms with E-state index in [0.717, 1.165) is 17.4 Å². The molecule has 0 saturated carbocycles. The molecule has 0 spiro atoms. The summed E-state index contributed by atoms with van der Waals surface area (Å²) in [6, 6.07) is 6.97. The molecule has 0 heterocycles. The number of methoxy groups -OCH3 is 1. The van der Waals surface area contributed by atoms with E-state index in [1.807, 2.05) is 5.32 Å². The van der Waals surface area contributed by atoms with Crippen LogP contribution in [0.3, 0.4) is 0 Å². The highest BCUT2D eigenvalue weighted by Gasteiger charge is 2.24. The lowest BCUT2D eigenvalue weighted by atomic mass is 10.3. The number of likely N-dealkylation sites (N-methyl/N-ethyl adjacent to an activating group) is 1. The summed E-state index contributed by atoms with van der Waals surface area (Å²) < 4.78 is 70.1. The Hall–Kier alpha value is -2.59. The molecule has 2 aromatic rings. The third kappa shape index (κ3) is 4.14. The Labute approximate surface area is 148 Å². The maximum Gasteiger partial charge on any atom is 0.243 e. The predicted octanol–water partition coefficient (Wildman–Crippen LogP) is 2.37. The Morgan fingerprint density at radius 3 is 2.27 bits per heavy atom. The van der Waals surface area contributed by atoms with E-state index in [0.29, 0.717) is 11.8 Å². The highest BCUT2D eigenvalue weighted by atomic mass is 32.2. The third-order valence-electron chi connectivity index (χ3n) is 3.44. The normalized spacial score (nSPS) is 11.5. The van der Waals surface area contributed by atoms with Crippen molar-refractivity contribution in [3.05, 3.63) is 53.8 Å². The molecule has 2 rings (SSSR count). The summed E-state index contributed by atoms with van der Waals surface area (Å²) in [5.74, 6) is -5.17. The van der Waals surface area contributed by atoms with Crippen molar-refractivity contribution in [2.75, 3.05) is 26.0 Å². The molecule has 0 bridgehead atoms. The minimum absolute atomic E-state index is 0.0763. The van der Waals surface area contributed by atoms with Gasteiger partial charge in [-0.05, 0) is 36.4 Å². The molecule has 1 amide bonds. The first-order valence-corrected chi connectivity index (χ1v) is 8.64. The lowest BCUT2D eigenvalue weighted by Gasteiger charge is -2.17. The van der Waals surface area contributed by atoms with Crippen LogP contribution in [0.25, 0.3) is 0 Å². The average Bonchev–Trinajstić information content (AvgIpc) is 2.62. The minimum Gasteiger partial charge on any atom is -0.497 e. The predicted molar refractivity (Wildman–Crippen MR) is 87.8 cm³/mol. The number of halogens is 3. The first-order chi connectivity index (χ1) is 12.2. The van der Waals surface area contributed by atoms with Gasteiger partial charge >= 0.3 is 0 Å². The fraction of sp³-hybridized carbons (Fsp3) is 0.188. The highest BCUT2D eigenvalue weighted by Crippen LogP contribution is 2.21. The summed E-state index contributed by atoms with van der Waals surface area (Å²) in [6.45, 7) is -0.660. The number of nitrogens with zero attached hydrogens (tertiary/aromatic N) is 1. The van der Waals surface area contributed by atoms with E-state index >= 15 is 0 Å². The molecule has 10 heteroatoms. The summed E-state index contributed by atoms with van der Waals surface area (Å²) in [5, 5.41) is 2.00. The van der Waals surface area contributed by atoms with Crippen LogP contribution in [-0.4, -0.2) is 39.3 Å². The van der Waals surface area contributed by atoms with E-state index in [-0.39, 0.29) is 4.90 Å². The van der Waals surface area contributed by atoms with Gasteiger partial charge in [-0.15, -0.1) is 0 Å². The topological polar surface area (TPSA) is 75.7 Å². The third-order valence-corrected chi connectivity index (χ3v) is 5.26. The zero-order valence-corrected chi connectivity index (χ0v) is 14.6. The number of nitrogens with one attached hydrogen (secondary N) is 1. The molecule has 0 aromatic heterocycles. The number of amides is 1. The van der Waals surface area contributed by atoms with Gasteiger partial charge in [-0.1, -0.05) is 0 Å². The van der Waals surface area contributed by atoms with Crippen molar-refractivity contribution in [1.29, 1.82) is 0 Å². The number of benzene rings is 2. The molecule has 1 N–H and O–H groups in total. The zero-order valence-electron chi connectivity index (χ0n) is 13.8. The first-order valence-electron chi connectivity index (χ1n) is 7.20. The fourth-order valence-electron chi connectivity index (χ4n) is 2.03. The van der Waals surface area contributed by atoms with Crippen LogP contribution in [0.15, 0.2) is 41.3 Å². The second-order valence-corrected chi connectivity index (χ2v) is 7.25. The van der Waals surface area contributed by atoms with Crippen LogP contribution < -0.4 is 10.1 Å². The molecule has 6 nitrogen and oxygen atoms in total. The first kappa shape index (κ1) is 19.7. The molecule has 2 aromatic carbocycles.